The third kappa shape index (κ3) is 5.29. The van der Waals surface area contributed by atoms with Crippen molar-refractivity contribution in [3.8, 4) is 11.3 Å². The third-order valence-electron chi connectivity index (χ3n) is 7.54. The van der Waals surface area contributed by atoms with Gasteiger partial charge in [0.1, 0.15) is 23.4 Å². The van der Waals surface area contributed by atoms with Crippen molar-refractivity contribution < 1.29 is 17.9 Å². The zero-order valence-corrected chi connectivity index (χ0v) is 24.8. The number of thiazole rings is 1. The largest absolute Gasteiger partial charge is 0.358 e. The number of ketones is 1. The predicted molar refractivity (Wildman–Crippen MR) is 156 cm³/mol. The lowest BCUT2D eigenvalue weighted by Crippen LogP contribution is -2.19. The Morgan fingerprint density at radius 3 is 2.52 bits per heavy atom. The van der Waals surface area contributed by atoms with Crippen LogP contribution in [0, 0.1) is 26.7 Å². The molecule has 0 radical (unpaired) electrons. The first-order valence-electron chi connectivity index (χ1n) is 13.7. The monoisotopic (exact) mass is 579 g/mol. The van der Waals surface area contributed by atoms with E-state index in [1.807, 2.05) is 37.5 Å². The predicted octanol–water partition coefficient (Wildman–Crippen LogP) is 5.85. The van der Waals surface area contributed by atoms with Gasteiger partial charge in [-0.1, -0.05) is 6.07 Å². The Morgan fingerprint density at radius 2 is 1.88 bits per heavy atom. The standard InChI is InChI=1S/C29H33N5O4S2/c1-16-27(31-18(3)39-16)20-10-11-22(25(13-20)40(4,36)37)33-23-14-21(15-24(35)19-8-9-19)32-29-28(23)30-17(2)34(29)26-7-5-6-12-38-26/h10-11,13-14,19,26H,5-9,12,15H2,1-4H3,(H,32,33). The lowest BCUT2D eigenvalue weighted by Gasteiger charge is -2.25. The number of nitrogens with zero attached hydrogens (tertiary/aromatic N) is 4. The van der Waals surface area contributed by atoms with Gasteiger partial charge in [0.2, 0.25) is 0 Å². The number of ether oxygens (including phenoxy) is 1. The van der Waals surface area contributed by atoms with E-state index in [2.05, 4.69) is 10.3 Å². The summed E-state index contributed by atoms with van der Waals surface area (Å²) in [6.45, 7) is 6.53. The van der Waals surface area contributed by atoms with Crippen LogP contribution in [0.4, 0.5) is 11.4 Å². The summed E-state index contributed by atoms with van der Waals surface area (Å²) in [5, 5.41) is 4.28. The molecule has 2 fully saturated rings. The molecule has 11 heteroatoms. The molecule has 0 amide bonds. The van der Waals surface area contributed by atoms with Gasteiger partial charge in [-0.15, -0.1) is 11.3 Å². The van der Waals surface area contributed by atoms with Crippen molar-refractivity contribution in [2.75, 3.05) is 18.2 Å². The number of hydrogen-bond donors (Lipinski definition) is 1. The Balaban J connectivity index is 1.47. The smallest absolute Gasteiger partial charge is 0.177 e. The van der Waals surface area contributed by atoms with E-state index in [1.54, 1.807) is 23.5 Å². The van der Waals surface area contributed by atoms with Gasteiger partial charge in [-0.25, -0.2) is 23.4 Å². The average molecular weight is 580 g/mol. The topological polar surface area (TPSA) is 116 Å². The molecule has 6 rings (SSSR count). The molecule has 9 nitrogen and oxygen atoms in total. The number of fused-ring (bicyclic) bond motifs is 1. The number of aromatic nitrogens is 4. The summed E-state index contributed by atoms with van der Waals surface area (Å²) < 4.78 is 34.1. The van der Waals surface area contributed by atoms with Crippen LogP contribution in [0.1, 0.15) is 59.7 Å². The number of sulfone groups is 1. The molecule has 1 aliphatic heterocycles. The van der Waals surface area contributed by atoms with Crippen LogP contribution in [-0.4, -0.2) is 46.6 Å². The number of benzene rings is 1. The number of nitrogens with one attached hydrogen (secondary N) is 1. The van der Waals surface area contributed by atoms with E-state index < -0.39 is 9.84 Å². The molecule has 0 spiro atoms. The fourth-order valence-corrected chi connectivity index (χ4v) is 7.13. The molecular weight excluding hydrogens is 546 g/mol. The number of anilines is 2. The zero-order valence-electron chi connectivity index (χ0n) is 23.2. The molecule has 3 aromatic heterocycles. The maximum atomic E-state index is 13.0. The molecule has 1 aliphatic carbocycles. The molecule has 4 heterocycles. The Morgan fingerprint density at radius 1 is 1.07 bits per heavy atom. The van der Waals surface area contributed by atoms with E-state index in [9.17, 15) is 13.2 Å². The molecule has 40 heavy (non-hydrogen) atoms. The molecule has 2 aliphatic rings. The number of rotatable bonds is 8. The number of carbonyl (C=O) groups is 1. The Kier molecular flexibility index (Phi) is 7.00. The van der Waals surface area contributed by atoms with Gasteiger partial charge in [0.15, 0.2) is 15.5 Å². The first-order chi connectivity index (χ1) is 19.1. The number of pyridine rings is 1. The number of carbonyl (C=O) groups excluding carboxylic acids is 1. The lowest BCUT2D eigenvalue weighted by molar-refractivity contribution is -0.119. The highest BCUT2D eigenvalue weighted by Gasteiger charge is 2.30. The Bertz CT molecular complexity index is 1730. The van der Waals surface area contributed by atoms with Crippen LogP contribution >= 0.6 is 11.3 Å². The average Bonchev–Trinajstić information content (AvgIpc) is 3.63. The van der Waals surface area contributed by atoms with E-state index in [4.69, 9.17) is 14.7 Å². The Hall–Kier alpha value is -3.15. The van der Waals surface area contributed by atoms with Gasteiger partial charge < -0.3 is 10.1 Å². The van der Waals surface area contributed by atoms with E-state index >= 15 is 0 Å². The van der Waals surface area contributed by atoms with Crippen molar-refractivity contribution in [2.45, 2.75) is 70.4 Å². The summed E-state index contributed by atoms with van der Waals surface area (Å²) in [6.07, 6.45) is 6.05. The summed E-state index contributed by atoms with van der Waals surface area (Å²) in [5.41, 5.74) is 4.47. The van der Waals surface area contributed by atoms with Gasteiger partial charge in [-0.2, -0.15) is 0 Å². The third-order valence-corrected chi connectivity index (χ3v) is 9.56. The van der Waals surface area contributed by atoms with Gasteiger partial charge in [0.05, 0.1) is 32.7 Å². The summed E-state index contributed by atoms with van der Waals surface area (Å²) in [6, 6.07) is 7.16. The molecule has 1 unspecified atom stereocenters. The van der Waals surface area contributed by atoms with Crippen molar-refractivity contribution in [1.82, 2.24) is 19.5 Å². The van der Waals surface area contributed by atoms with Gasteiger partial charge in [0.25, 0.3) is 0 Å². The number of aryl methyl sites for hydroxylation is 3. The molecule has 0 bridgehead atoms. The maximum absolute atomic E-state index is 13.0. The zero-order chi connectivity index (χ0) is 28.2. The highest BCUT2D eigenvalue weighted by atomic mass is 32.2. The van der Waals surface area contributed by atoms with E-state index in [0.717, 1.165) is 59.1 Å². The SMILES string of the molecule is Cc1nc(-c2ccc(Nc3cc(CC(=O)C4CC4)nc4c3nc(C)n4C3CCCCO3)c(S(C)(=O)=O)c2)c(C)s1. The molecule has 1 saturated carbocycles. The van der Waals surface area contributed by atoms with Crippen LogP contribution in [-0.2, 0) is 25.8 Å². The van der Waals surface area contributed by atoms with Crippen LogP contribution in [0.2, 0.25) is 0 Å². The van der Waals surface area contributed by atoms with Gasteiger partial charge in [0, 0.05) is 35.6 Å². The Labute approximate surface area is 237 Å². The van der Waals surface area contributed by atoms with Crippen LogP contribution in [0.15, 0.2) is 29.2 Å². The molecule has 1 N–H and O–H groups in total. The highest BCUT2D eigenvalue weighted by Crippen LogP contribution is 2.37. The van der Waals surface area contributed by atoms with Gasteiger partial charge in [-0.05, 0) is 71.1 Å². The van der Waals surface area contributed by atoms with Crippen LogP contribution < -0.4 is 5.32 Å². The molecule has 1 aromatic carbocycles. The molecule has 1 atom stereocenters. The second-order valence-electron chi connectivity index (χ2n) is 10.8. The first-order valence-corrected chi connectivity index (χ1v) is 16.4. The number of Topliss-reactive ketones (excluding diaryl/α,β-unsaturated/α-hetero) is 1. The molecule has 4 aromatic rings. The normalized spacial score (nSPS) is 17.9. The minimum atomic E-state index is -3.60. The maximum Gasteiger partial charge on any atom is 0.177 e. The molecular formula is C29H33N5O4S2. The van der Waals surface area contributed by atoms with Gasteiger partial charge >= 0.3 is 0 Å². The van der Waals surface area contributed by atoms with Gasteiger partial charge in [-0.3, -0.25) is 9.36 Å². The fourth-order valence-electron chi connectivity index (χ4n) is 5.43. The van der Waals surface area contributed by atoms with Crippen molar-refractivity contribution in [2.24, 2.45) is 5.92 Å². The van der Waals surface area contributed by atoms with E-state index in [1.165, 1.54) is 6.26 Å². The fraction of sp³-hybridized carbons (Fsp3) is 0.448. The lowest BCUT2D eigenvalue weighted by atomic mass is 10.1. The first kappa shape index (κ1) is 27.0. The minimum absolute atomic E-state index is 0.115. The summed E-state index contributed by atoms with van der Waals surface area (Å²) in [7, 11) is -3.60. The number of hydrogen-bond acceptors (Lipinski definition) is 9. The summed E-state index contributed by atoms with van der Waals surface area (Å²) >= 11 is 1.58. The number of imidazole rings is 1. The highest BCUT2D eigenvalue weighted by molar-refractivity contribution is 7.90. The second kappa shape index (κ2) is 10.4. The van der Waals surface area contributed by atoms with Crippen molar-refractivity contribution in [3.63, 3.8) is 0 Å². The van der Waals surface area contributed by atoms with Crippen molar-refractivity contribution in [1.29, 1.82) is 0 Å². The molecule has 210 valence electrons. The molecule has 1 saturated heterocycles. The second-order valence-corrected chi connectivity index (χ2v) is 14.2. The summed E-state index contributed by atoms with van der Waals surface area (Å²) in [4.78, 5) is 28.3. The van der Waals surface area contributed by atoms with Crippen molar-refractivity contribution in [3.05, 3.63) is 45.7 Å². The van der Waals surface area contributed by atoms with Crippen molar-refractivity contribution >= 4 is 49.5 Å². The van der Waals surface area contributed by atoms with Crippen LogP contribution in [0.25, 0.3) is 22.4 Å². The van der Waals surface area contributed by atoms with Crippen LogP contribution in [0.5, 0.6) is 0 Å². The quantitative estimate of drug-likeness (QED) is 0.276. The minimum Gasteiger partial charge on any atom is -0.358 e. The van der Waals surface area contributed by atoms with Crippen LogP contribution in [0.3, 0.4) is 0 Å². The van der Waals surface area contributed by atoms with E-state index in [-0.39, 0.29) is 29.2 Å². The van der Waals surface area contributed by atoms with E-state index in [0.29, 0.717) is 34.8 Å². The summed E-state index contributed by atoms with van der Waals surface area (Å²) in [5.74, 6) is 1.06.